The lowest BCUT2D eigenvalue weighted by atomic mass is 10.1. The van der Waals surface area contributed by atoms with Crippen LogP contribution in [0, 0.1) is 18.3 Å². The van der Waals surface area contributed by atoms with Crippen molar-refractivity contribution < 1.29 is 8.42 Å². The zero-order chi connectivity index (χ0) is 13.8. The highest BCUT2D eigenvalue weighted by Crippen LogP contribution is 2.12. The number of hydrogen-bond acceptors (Lipinski definition) is 4. The van der Waals surface area contributed by atoms with Gasteiger partial charge in [-0.15, -0.1) is 0 Å². The van der Waals surface area contributed by atoms with E-state index in [2.05, 4.69) is 6.07 Å². The number of benzene rings is 1. The lowest BCUT2D eigenvalue weighted by Gasteiger charge is -2.17. The first kappa shape index (κ1) is 14.7. The molecule has 0 spiro atoms. The number of hydrogen-bond donors (Lipinski definition) is 0. The number of nitriles is 1. The zero-order valence-corrected chi connectivity index (χ0v) is 11.8. The summed E-state index contributed by atoms with van der Waals surface area (Å²) in [5.74, 6) is 0.166. The van der Waals surface area contributed by atoms with E-state index in [1.807, 2.05) is 31.0 Å². The van der Waals surface area contributed by atoms with Gasteiger partial charge < -0.3 is 4.90 Å². The van der Waals surface area contributed by atoms with Crippen molar-refractivity contribution in [1.82, 2.24) is 4.90 Å². The Morgan fingerprint density at radius 3 is 2.56 bits per heavy atom. The molecule has 1 aromatic carbocycles. The van der Waals surface area contributed by atoms with Gasteiger partial charge in [-0.25, -0.2) is 8.42 Å². The van der Waals surface area contributed by atoms with Gasteiger partial charge in [0, 0.05) is 19.3 Å². The van der Waals surface area contributed by atoms with Crippen molar-refractivity contribution in [3.8, 4) is 6.07 Å². The molecular formula is C13H18N2O2S. The third-order valence-electron chi connectivity index (χ3n) is 2.76. The van der Waals surface area contributed by atoms with Crippen LogP contribution in [0.25, 0.3) is 0 Å². The quantitative estimate of drug-likeness (QED) is 0.807. The highest BCUT2D eigenvalue weighted by atomic mass is 32.2. The van der Waals surface area contributed by atoms with Gasteiger partial charge in [-0.2, -0.15) is 5.26 Å². The molecule has 98 valence electrons. The van der Waals surface area contributed by atoms with Crippen molar-refractivity contribution >= 4 is 9.84 Å². The molecule has 0 aliphatic carbocycles. The molecule has 0 atom stereocenters. The van der Waals surface area contributed by atoms with E-state index >= 15 is 0 Å². The second-order valence-electron chi connectivity index (χ2n) is 4.62. The molecule has 0 heterocycles. The minimum absolute atomic E-state index is 0.166. The summed E-state index contributed by atoms with van der Waals surface area (Å²) in [4.78, 5) is 1.97. The Bertz CT molecular complexity index is 559. The van der Waals surface area contributed by atoms with Gasteiger partial charge >= 0.3 is 0 Å². The SMILES string of the molecule is Cc1cc(C#N)ccc1CN(C)CCS(C)(=O)=O. The highest BCUT2D eigenvalue weighted by molar-refractivity contribution is 7.90. The van der Waals surface area contributed by atoms with Gasteiger partial charge in [0.15, 0.2) is 0 Å². The van der Waals surface area contributed by atoms with Crippen molar-refractivity contribution in [3.63, 3.8) is 0 Å². The molecule has 0 saturated heterocycles. The molecule has 0 unspecified atom stereocenters. The molecule has 5 heteroatoms. The van der Waals surface area contributed by atoms with Crippen LogP contribution >= 0.6 is 0 Å². The van der Waals surface area contributed by atoms with Crippen molar-refractivity contribution in [1.29, 1.82) is 5.26 Å². The predicted molar refractivity (Wildman–Crippen MR) is 71.9 cm³/mol. The average molecular weight is 266 g/mol. The maximum atomic E-state index is 11.1. The van der Waals surface area contributed by atoms with Crippen molar-refractivity contribution in [2.45, 2.75) is 13.5 Å². The molecule has 4 nitrogen and oxygen atoms in total. The molecule has 18 heavy (non-hydrogen) atoms. The van der Waals surface area contributed by atoms with Crippen molar-refractivity contribution in [2.75, 3.05) is 25.6 Å². The molecule has 1 aromatic rings. The van der Waals surface area contributed by atoms with Crippen molar-refractivity contribution in [2.24, 2.45) is 0 Å². The molecule has 0 fully saturated rings. The van der Waals surface area contributed by atoms with Crippen LogP contribution in [0.3, 0.4) is 0 Å². The minimum Gasteiger partial charge on any atom is -0.301 e. The maximum absolute atomic E-state index is 11.1. The minimum atomic E-state index is -2.92. The number of sulfone groups is 1. The number of aryl methyl sites for hydroxylation is 1. The Balaban J connectivity index is 2.65. The first-order valence-corrected chi connectivity index (χ1v) is 7.74. The largest absolute Gasteiger partial charge is 0.301 e. The smallest absolute Gasteiger partial charge is 0.148 e. The standard InChI is InChI=1S/C13H18N2O2S/c1-11-8-12(9-14)4-5-13(11)10-15(2)6-7-18(3,16)17/h4-5,8H,6-7,10H2,1-3H3. The third-order valence-corrected chi connectivity index (χ3v) is 3.68. The average Bonchev–Trinajstić information content (AvgIpc) is 2.28. The summed E-state index contributed by atoms with van der Waals surface area (Å²) in [5.41, 5.74) is 2.82. The fraction of sp³-hybridized carbons (Fsp3) is 0.462. The first-order valence-electron chi connectivity index (χ1n) is 5.68. The summed E-state index contributed by atoms with van der Waals surface area (Å²) in [6, 6.07) is 7.65. The number of nitrogens with zero attached hydrogens (tertiary/aromatic N) is 2. The molecule has 0 N–H and O–H groups in total. The molecular weight excluding hydrogens is 248 g/mol. The summed E-state index contributed by atoms with van der Waals surface area (Å²) in [6.45, 7) is 3.16. The molecule has 0 saturated carbocycles. The Morgan fingerprint density at radius 2 is 2.06 bits per heavy atom. The van der Waals surface area contributed by atoms with E-state index in [0.29, 0.717) is 18.7 Å². The van der Waals surface area contributed by atoms with E-state index in [4.69, 9.17) is 5.26 Å². The van der Waals surface area contributed by atoms with Gasteiger partial charge in [0.1, 0.15) is 9.84 Å². The molecule has 0 aliphatic heterocycles. The fourth-order valence-corrected chi connectivity index (χ4v) is 2.28. The van der Waals surface area contributed by atoms with E-state index in [0.717, 1.165) is 11.1 Å². The Kier molecular flexibility index (Phi) is 4.88. The van der Waals surface area contributed by atoms with Gasteiger partial charge in [-0.3, -0.25) is 0 Å². The highest BCUT2D eigenvalue weighted by Gasteiger charge is 2.07. The van der Waals surface area contributed by atoms with Crippen LogP contribution in [0.5, 0.6) is 0 Å². The molecule has 1 rings (SSSR count). The second-order valence-corrected chi connectivity index (χ2v) is 6.88. The van der Waals surface area contributed by atoms with Gasteiger partial charge in [-0.05, 0) is 37.2 Å². The molecule has 0 amide bonds. The van der Waals surface area contributed by atoms with Crippen LogP contribution in [0.15, 0.2) is 18.2 Å². The van der Waals surface area contributed by atoms with Crippen LogP contribution in [-0.4, -0.2) is 38.9 Å². The van der Waals surface area contributed by atoms with Crippen LogP contribution < -0.4 is 0 Å². The van der Waals surface area contributed by atoms with Crippen LogP contribution in [0.4, 0.5) is 0 Å². The topological polar surface area (TPSA) is 61.2 Å². The molecule has 0 aromatic heterocycles. The molecule has 0 bridgehead atoms. The van der Waals surface area contributed by atoms with Crippen LogP contribution in [0.2, 0.25) is 0 Å². The Hall–Kier alpha value is -1.38. The van der Waals surface area contributed by atoms with E-state index < -0.39 is 9.84 Å². The monoisotopic (exact) mass is 266 g/mol. The number of rotatable bonds is 5. The molecule has 0 aliphatic rings. The summed E-state index contributed by atoms with van der Waals surface area (Å²) in [5, 5.41) is 8.78. The van der Waals surface area contributed by atoms with E-state index in [-0.39, 0.29) is 5.75 Å². The first-order chi connectivity index (χ1) is 8.31. The van der Waals surface area contributed by atoms with Gasteiger partial charge in [0.2, 0.25) is 0 Å². The Morgan fingerprint density at radius 1 is 1.39 bits per heavy atom. The van der Waals surface area contributed by atoms with Gasteiger partial charge in [-0.1, -0.05) is 6.07 Å². The summed E-state index contributed by atoms with van der Waals surface area (Å²) >= 11 is 0. The van der Waals surface area contributed by atoms with E-state index in [1.165, 1.54) is 6.26 Å². The Labute approximate surface area is 109 Å². The summed E-state index contributed by atoms with van der Waals surface area (Å²) in [7, 11) is -1.03. The lowest BCUT2D eigenvalue weighted by Crippen LogP contribution is -2.25. The van der Waals surface area contributed by atoms with E-state index in [9.17, 15) is 8.42 Å². The predicted octanol–water partition coefficient (Wildman–Crippen LogP) is 1.34. The van der Waals surface area contributed by atoms with Gasteiger partial charge in [0.25, 0.3) is 0 Å². The third kappa shape index (κ3) is 4.86. The normalized spacial score (nSPS) is 11.5. The zero-order valence-electron chi connectivity index (χ0n) is 11.0. The lowest BCUT2D eigenvalue weighted by molar-refractivity contribution is 0.345. The van der Waals surface area contributed by atoms with E-state index in [1.54, 1.807) is 6.07 Å². The molecule has 0 radical (unpaired) electrons. The second kappa shape index (κ2) is 5.98. The van der Waals surface area contributed by atoms with Gasteiger partial charge in [0.05, 0.1) is 17.4 Å². The van der Waals surface area contributed by atoms with Crippen molar-refractivity contribution in [3.05, 3.63) is 34.9 Å². The van der Waals surface area contributed by atoms with Crippen LogP contribution in [-0.2, 0) is 16.4 Å². The summed E-state index contributed by atoms with van der Waals surface area (Å²) < 4.78 is 22.2. The maximum Gasteiger partial charge on any atom is 0.148 e. The fourth-order valence-electron chi connectivity index (χ4n) is 1.63. The summed E-state index contributed by atoms with van der Waals surface area (Å²) in [6.07, 6.45) is 1.24. The van der Waals surface area contributed by atoms with Crippen LogP contribution in [0.1, 0.15) is 16.7 Å².